The van der Waals surface area contributed by atoms with E-state index in [0.717, 1.165) is 0 Å². The van der Waals surface area contributed by atoms with Crippen molar-refractivity contribution >= 4 is 11.9 Å². The number of ether oxygens (including phenoxy) is 9. The minimum absolute atomic E-state index is 0.000142. The molecule has 1 aliphatic carbocycles. The fourth-order valence-electron chi connectivity index (χ4n) is 6.48. The maximum Gasteiger partial charge on any atom is 0.310 e. The third kappa shape index (κ3) is 5.06. The van der Waals surface area contributed by atoms with Crippen molar-refractivity contribution in [1.82, 2.24) is 0 Å². The summed E-state index contributed by atoms with van der Waals surface area (Å²) in [4.78, 5) is 24.8. The van der Waals surface area contributed by atoms with Crippen molar-refractivity contribution in [2.24, 2.45) is 11.8 Å². The van der Waals surface area contributed by atoms with Crippen LogP contribution in [0.25, 0.3) is 0 Å². The molecule has 4 aliphatic rings. The fraction of sp³-hybridized carbons (Fsp3) is 0.533. The monoisotopic (exact) mass is 618 g/mol. The van der Waals surface area contributed by atoms with E-state index in [1.807, 2.05) is 0 Å². The van der Waals surface area contributed by atoms with Crippen LogP contribution in [0, 0.1) is 11.8 Å². The first kappa shape index (κ1) is 30.2. The van der Waals surface area contributed by atoms with E-state index >= 15 is 0 Å². The zero-order valence-electron chi connectivity index (χ0n) is 24.5. The van der Waals surface area contributed by atoms with Crippen LogP contribution in [0.3, 0.4) is 0 Å². The second-order valence-corrected chi connectivity index (χ2v) is 11.0. The molecule has 2 fully saturated rings. The number of rotatable bonds is 8. The van der Waals surface area contributed by atoms with Gasteiger partial charge in [-0.25, -0.2) is 0 Å². The maximum atomic E-state index is 13.4. The summed E-state index contributed by atoms with van der Waals surface area (Å²) < 4.78 is 50.8. The molecule has 14 heteroatoms. The van der Waals surface area contributed by atoms with E-state index in [-0.39, 0.29) is 20.0 Å². The molecule has 0 bridgehead atoms. The highest BCUT2D eigenvalue weighted by Crippen LogP contribution is 2.57. The number of fused-ring (bicyclic) bond motifs is 3. The van der Waals surface area contributed by atoms with Gasteiger partial charge in [0.1, 0.15) is 31.0 Å². The van der Waals surface area contributed by atoms with Gasteiger partial charge in [0.25, 0.3) is 0 Å². The van der Waals surface area contributed by atoms with Gasteiger partial charge in [0.15, 0.2) is 29.3 Å². The summed E-state index contributed by atoms with van der Waals surface area (Å²) >= 11 is 0. The predicted octanol–water partition coefficient (Wildman–Crippen LogP) is 0.804. The van der Waals surface area contributed by atoms with Gasteiger partial charge in [-0.1, -0.05) is 0 Å². The second kappa shape index (κ2) is 11.9. The number of aliphatic hydroxyl groups excluding tert-OH is 3. The van der Waals surface area contributed by atoms with Gasteiger partial charge < -0.3 is 58.0 Å². The Hall–Kier alpha value is -3.82. The van der Waals surface area contributed by atoms with E-state index in [1.54, 1.807) is 24.3 Å². The summed E-state index contributed by atoms with van der Waals surface area (Å²) in [7, 11) is 4.50. The highest BCUT2D eigenvalue weighted by Gasteiger charge is 2.55. The number of benzene rings is 2. The van der Waals surface area contributed by atoms with Crippen molar-refractivity contribution < 1.29 is 67.5 Å². The molecule has 3 aliphatic heterocycles. The molecule has 3 N–H and O–H groups in total. The van der Waals surface area contributed by atoms with Gasteiger partial charge in [-0.05, 0) is 41.0 Å². The average Bonchev–Trinajstić information content (AvgIpc) is 3.64. The Balaban J connectivity index is 1.44. The van der Waals surface area contributed by atoms with Gasteiger partial charge in [-0.3, -0.25) is 9.59 Å². The van der Waals surface area contributed by atoms with Crippen LogP contribution in [-0.4, -0.2) is 99.3 Å². The van der Waals surface area contributed by atoms with Crippen molar-refractivity contribution in [3.63, 3.8) is 0 Å². The SMILES string of the molecule is COc1cc([C@@H]2c3cc4c(cc3[C@H](O[C@@H]3O[C@H](COC(C)=O)[C@@H](O)[C@H](O)[C@H]3O)[C@H]3COC(=O)[C@H]23)OCO4)cc(OC)c1OC. The fourth-order valence-corrected chi connectivity index (χ4v) is 6.48. The van der Waals surface area contributed by atoms with E-state index in [1.165, 1.54) is 28.3 Å². The van der Waals surface area contributed by atoms with Gasteiger partial charge >= 0.3 is 11.9 Å². The Morgan fingerprint density at radius 2 is 1.55 bits per heavy atom. The minimum atomic E-state index is -1.67. The maximum absolute atomic E-state index is 13.4. The van der Waals surface area contributed by atoms with Crippen LogP contribution in [-0.2, 0) is 28.5 Å². The molecule has 0 saturated carbocycles. The number of hydrogen-bond acceptors (Lipinski definition) is 14. The van der Waals surface area contributed by atoms with E-state index in [9.17, 15) is 24.9 Å². The summed E-state index contributed by atoms with van der Waals surface area (Å²) in [5, 5.41) is 32.0. The molecule has 2 aromatic rings. The Morgan fingerprint density at radius 1 is 0.886 bits per heavy atom. The molecule has 0 unspecified atom stereocenters. The first-order chi connectivity index (χ1) is 21.2. The Kier molecular flexibility index (Phi) is 8.20. The number of carbonyl (C=O) groups excluding carboxylic acids is 2. The topological polar surface area (TPSA) is 178 Å². The van der Waals surface area contributed by atoms with E-state index in [2.05, 4.69) is 0 Å². The molecule has 14 nitrogen and oxygen atoms in total. The first-order valence-electron chi connectivity index (χ1n) is 14.0. The lowest BCUT2D eigenvalue weighted by Gasteiger charge is -2.44. The Morgan fingerprint density at radius 3 is 2.16 bits per heavy atom. The van der Waals surface area contributed by atoms with Gasteiger partial charge in [0, 0.05) is 18.8 Å². The number of cyclic esters (lactones) is 1. The van der Waals surface area contributed by atoms with E-state index < -0.39 is 66.5 Å². The van der Waals surface area contributed by atoms with Gasteiger partial charge in [-0.15, -0.1) is 0 Å². The van der Waals surface area contributed by atoms with Crippen molar-refractivity contribution in [3.05, 3.63) is 41.0 Å². The number of aliphatic hydroxyl groups is 3. The molecule has 3 heterocycles. The second-order valence-electron chi connectivity index (χ2n) is 11.0. The molecule has 238 valence electrons. The van der Waals surface area contributed by atoms with Crippen LogP contribution >= 0.6 is 0 Å². The molecule has 6 rings (SSSR count). The van der Waals surface area contributed by atoms with Crippen molar-refractivity contribution in [3.8, 4) is 28.7 Å². The van der Waals surface area contributed by atoms with E-state index in [4.69, 9.17) is 42.6 Å². The lowest BCUT2D eigenvalue weighted by atomic mass is 9.66. The average molecular weight is 619 g/mol. The first-order valence-corrected chi connectivity index (χ1v) is 14.0. The molecule has 0 aromatic heterocycles. The summed E-state index contributed by atoms with van der Waals surface area (Å²) in [5.41, 5.74) is 1.96. The van der Waals surface area contributed by atoms with Gasteiger partial charge in [0.05, 0.1) is 40.0 Å². The molecule has 44 heavy (non-hydrogen) atoms. The molecule has 2 saturated heterocycles. The molecular weight excluding hydrogens is 584 g/mol. The van der Waals surface area contributed by atoms with Crippen LogP contribution in [0.1, 0.15) is 35.6 Å². The van der Waals surface area contributed by atoms with Crippen LogP contribution in [0.5, 0.6) is 28.7 Å². The van der Waals surface area contributed by atoms with Gasteiger partial charge in [0.2, 0.25) is 12.5 Å². The van der Waals surface area contributed by atoms with Crippen molar-refractivity contribution in [1.29, 1.82) is 0 Å². The minimum Gasteiger partial charge on any atom is -0.493 e. The summed E-state index contributed by atoms with van der Waals surface area (Å²) in [6.45, 7) is 0.809. The molecule has 9 atom stereocenters. The third-order valence-corrected chi connectivity index (χ3v) is 8.57. The zero-order valence-corrected chi connectivity index (χ0v) is 24.5. The summed E-state index contributed by atoms with van der Waals surface area (Å²) in [6.07, 6.45) is -8.44. The normalized spacial score (nSPS) is 31.9. The highest BCUT2D eigenvalue weighted by molar-refractivity contribution is 5.79. The van der Waals surface area contributed by atoms with Crippen molar-refractivity contribution in [2.45, 2.75) is 49.7 Å². The lowest BCUT2D eigenvalue weighted by Crippen LogP contribution is -2.60. The van der Waals surface area contributed by atoms with Crippen LogP contribution in [0.2, 0.25) is 0 Å². The quantitative estimate of drug-likeness (QED) is 0.354. The van der Waals surface area contributed by atoms with Crippen LogP contribution in [0.4, 0.5) is 0 Å². The Bertz CT molecular complexity index is 1400. The standard InChI is InChI=1S/C30H34O14/c1-12(31)39-10-21-24(32)25(33)26(34)30(43-21)44-27-15-8-18-17(41-11-42-18)7-14(15)22(23-16(27)9-40-29(23)35)13-5-19(36-2)28(38-4)20(6-13)37-3/h5-8,16,21-27,30,32-34H,9-11H2,1-4H3/t16-,21+,22+,23-,24+,25-,26+,27-,30-/m0/s1. The summed E-state index contributed by atoms with van der Waals surface area (Å²) in [6, 6.07) is 7.08. The molecular formula is C30H34O14. The third-order valence-electron chi connectivity index (χ3n) is 8.57. The van der Waals surface area contributed by atoms with Crippen LogP contribution < -0.4 is 23.7 Å². The lowest BCUT2D eigenvalue weighted by molar-refractivity contribution is -0.318. The smallest absolute Gasteiger partial charge is 0.310 e. The number of carbonyl (C=O) groups is 2. The number of methoxy groups -OCH3 is 3. The molecule has 0 spiro atoms. The zero-order chi connectivity index (χ0) is 31.3. The van der Waals surface area contributed by atoms with E-state index in [0.29, 0.717) is 45.4 Å². The largest absolute Gasteiger partial charge is 0.493 e. The highest BCUT2D eigenvalue weighted by atomic mass is 16.7. The molecule has 0 amide bonds. The molecule has 2 aromatic carbocycles. The number of esters is 2. The predicted molar refractivity (Wildman–Crippen MR) is 146 cm³/mol. The van der Waals surface area contributed by atoms with Crippen molar-refractivity contribution in [2.75, 3.05) is 41.3 Å². The Labute approximate surface area is 252 Å². The number of hydrogen-bond donors (Lipinski definition) is 3. The molecule has 0 radical (unpaired) electrons. The van der Waals surface area contributed by atoms with Gasteiger partial charge in [-0.2, -0.15) is 0 Å². The summed E-state index contributed by atoms with van der Waals surface area (Å²) in [5.74, 6) is -0.871. The van der Waals surface area contributed by atoms with Crippen LogP contribution in [0.15, 0.2) is 24.3 Å².